The molecule has 0 fully saturated rings. The molecule has 0 radical (unpaired) electrons. The molecular weight excluding hydrogens is 430 g/mol. The number of hydrogen-bond donors (Lipinski definition) is 1. The van der Waals surface area contributed by atoms with E-state index in [0.29, 0.717) is 17.7 Å². The zero-order valence-electron chi connectivity index (χ0n) is 19.6. The Balaban J connectivity index is 1.56. The number of carbonyl (C=O) groups excluding carboxylic acids is 1. The van der Waals surface area contributed by atoms with Crippen LogP contribution in [0.3, 0.4) is 0 Å². The first-order valence-electron chi connectivity index (χ1n) is 11.8. The van der Waals surface area contributed by atoms with Crippen LogP contribution in [-0.2, 0) is 6.42 Å². The zero-order valence-corrected chi connectivity index (χ0v) is 19.6. The SMILES string of the molecule is Cc1c(C(=O)NC(Cc2ccccc2)c2ccccc2)c(-c2ccccc2)nn1-c1ccccc1. The van der Waals surface area contributed by atoms with E-state index < -0.39 is 0 Å². The smallest absolute Gasteiger partial charge is 0.255 e. The van der Waals surface area contributed by atoms with Crippen molar-refractivity contribution < 1.29 is 4.79 Å². The van der Waals surface area contributed by atoms with Gasteiger partial charge < -0.3 is 5.32 Å². The number of amides is 1. The van der Waals surface area contributed by atoms with Gasteiger partial charge in [0, 0.05) is 5.56 Å². The molecule has 0 spiro atoms. The molecule has 5 rings (SSSR count). The lowest BCUT2D eigenvalue weighted by molar-refractivity contribution is 0.0936. The van der Waals surface area contributed by atoms with Gasteiger partial charge in [-0.1, -0.05) is 109 Å². The summed E-state index contributed by atoms with van der Waals surface area (Å²) < 4.78 is 1.85. The Kier molecular flexibility index (Phi) is 6.53. The first-order chi connectivity index (χ1) is 17.2. The quantitative estimate of drug-likeness (QED) is 0.301. The van der Waals surface area contributed by atoms with Gasteiger partial charge in [0.2, 0.25) is 0 Å². The van der Waals surface area contributed by atoms with Gasteiger partial charge in [-0.15, -0.1) is 0 Å². The van der Waals surface area contributed by atoms with Crippen LogP contribution in [-0.4, -0.2) is 15.7 Å². The largest absolute Gasteiger partial charge is 0.345 e. The number of aromatic nitrogens is 2. The summed E-state index contributed by atoms with van der Waals surface area (Å²) in [5.74, 6) is -0.131. The molecule has 172 valence electrons. The van der Waals surface area contributed by atoms with Crippen molar-refractivity contribution >= 4 is 5.91 Å². The van der Waals surface area contributed by atoms with E-state index in [1.807, 2.05) is 109 Å². The van der Waals surface area contributed by atoms with Crippen LogP contribution in [0.4, 0.5) is 0 Å². The minimum atomic E-state index is -0.172. The van der Waals surface area contributed by atoms with E-state index in [0.717, 1.165) is 22.5 Å². The fraction of sp³-hybridized carbons (Fsp3) is 0.0968. The number of para-hydroxylation sites is 1. The van der Waals surface area contributed by atoms with Crippen LogP contribution in [0.2, 0.25) is 0 Å². The highest BCUT2D eigenvalue weighted by molar-refractivity contribution is 6.01. The molecule has 0 aliphatic carbocycles. The molecule has 4 aromatic carbocycles. The number of rotatable bonds is 7. The van der Waals surface area contributed by atoms with Crippen molar-refractivity contribution in [3.05, 3.63) is 144 Å². The monoisotopic (exact) mass is 457 g/mol. The summed E-state index contributed by atoms with van der Waals surface area (Å²) in [7, 11) is 0. The summed E-state index contributed by atoms with van der Waals surface area (Å²) in [6.07, 6.45) is 0.698. The van der Waals surface area contributed by atoms with Gasteiger partial charge in [-0.25, -0.2) is 4.68 Å². The molecule has 1 N–H and O–H groups in total. The van der Waals surface area contributed by atoms with E-state index in [1.54, 1.807) is 0 Å². The Labute approximate surface area is 205 Å². The molecule has 0 aliphatic rings. The average Bonchev–Trinajstić information content (AvgIpc) is 3.27. The van der Waals surface area contributed by atoms with Crippen molar-refractivity contribution in [2.75, 3.05) is 0 Å². The molecule has 4 heteroatoms. The van der Waals surface area contributed by atoms with E-state index in [1.165, 1.54) is 5.56 Å². The van der Waals surface area contributed by atoms with Gasteiger partial charge in [-0.05, 0) is 36.6 Å². The number of nitrogens with one attached hydrogen (secondary N) is 1. The van der Waals surface area contributed by atoms with E-state index >= 15 is 0 Å². The number of benzene rings is 4. The summed E-state index contributed by atoms with van der Waals surface area (Å²) in [6, 6.07) is 40.0. The molecule has 0 bridgehead atoms. The lowest BCUT2D eigenvalue weighted by atomic mass is 9.98. The van der Waals surface area contributed by atoms with Crippen molar-refractivity contribution in [2.24, 2.45) is 0 Å². The third-order valence-electron chi connectivity index (χ3n) is 6.18. The van der Waals surface area contributed by atoms with Crippen LogP contribution < -0.4 is 5.32 Å². The second kappa shape index (κ2) is 10.2. The summed E-state index contributed by atoms with van der Waals surface area (Å²) in [5.41, 5.74) is 6.14. The molecule has 1 heterocycles. The molecule has 1 amide bonds. The third-order valence-corrected chi connectivity index (χ3v) is 6.18. The number of nitrogens with zero attached hydrogens (tertiary/aromatic N) is 2. The van der Waals surface area contributed by atoms with E-state index in [-0.39, 0.29) is 11.9 Å². The van der Waals surface area contributed by atoms with Crippen molar-refractivity contribution in [2.45, 2.75) is 19.4 Å². The van der Waals surface area contributed by atoms with Crippen molar-refractivity contribution in [1.82, 2.24) is 15.1 Å². The summed E-state index contributed by atoms with van der Waals surface area (Å²) in [6.45, 7) is 1.95. The topological polar surface area (TPSA) is 46.9 Å². The minimum Gasteiger partial charge on any atom is -0.345 e. The highest BCUT2D eigenvalue weighted by Crippen LogP contribution is 2.28. The molecule has 4 nitrogen and oxygen atoms in total. The Bertz CT molecular complexity index is 1400. The van der Waals surface area contributed by atoms with E-state index in [2.05, 4.69) is 29.6 Å². The van der Waals surface area contributed by atoms with Gasteiger partial charge in [0.25, 0.3) is 5.91 Å². The zero-order chi connectivity index (χ0) is 24.0. The van der Waals surface area contributed by atoms with Crippen LogP contribution in [0.15, 0.2) is 121 Å². The standard InChI is InChI=1S/C31H27N3O/c1-23-29(30(26-18-10-4-11-19-26)33-34(23)27-20-12-5-13-21-27)31(35)32-28(25-16-8-3-9-17-25)22-24-14-6-2-7-15-24/h2-21,28H,22H2,1H3,(H,32,35). The maximum atomic E-state index is 13.9. The minimum absolute atomic E-state index is 0.131. The predicted octanol–water partition coefficient (Wildman–Crippen LogP) is 6.56. The molecule has 0 saturated heterocycles. The van der Waals surface area contributed by atoms with Gasteiger partial charge >= 0.3 is 0 Å². The fourth-order valence-corrected chi connectivity index (χ4v) is 4.41. The van der Waals surface area contributed by atoms with Crippen LogP contribution >= 0.6 is 0 Å². The first kappa shape index (κ1) is 22.4. The highest BCUT2D eigenvalue weighted by Gasteiger charge is 2.25. The van der Waals surface area contributed by atoms with E-state index in [4.69, 9.17) is 5.10 Å². The van der Waals surface area contributed by atoms with Gasteiger partial charge in [-0.3, -0.25) is 4.79 Å². The Morgan fingerprint density at radius 1 is 0.771 bits per heavy atom. The number of hydrogen-bond acceptors (Lipinski definition) is 2. The molecule has 0 aliphatic heterocycles. The summed E-state index contributed by atoms with van der Waals surface area (Å²) in [4.78, 5) is 13.9. The summed E-state index contributed by atoms with van der Waals surface area (Å²) in [5, 5.41) is 8.21. The van der Waals surface area contributed by atoms with Crippen molar-refractivity contribution in [3.63, 3.8) is 0 Å². The Morgan fingerprint density at radius 3 is 1.94 bits per heavy atom. The molecule has 35 heavy (non-hydrogen) atoms. The fourth-order valence-electron chi connectivity index (χ4n) is 4.41. The molecular formula is C31H27N3O. The highest BCUT2D eigenvalue weighted by atomic mass is 16.1. The van der Waals surface area contributed by atoms with Gasteiger partial charge in [0.05, 0.1) is 23.0 Å². The molecule has 5 aromatic rings. The molecule has 1 atom stereocenters. The molecule has 1 unspecified atom stereocenters. The summed E-state index contributed by atoms with van der Waals surface area (Å²) >= 11 is 0. The van der Waals surface area contributed by atoms with Crippen LogP contribution in [0.5, 0.6) is 0 Å². The van der Waals surface area contributed by atoms with Gasteiger partial charge in [0.15, 0.2) is 0 Å². The van der Waals surface area contributed by atoms with Crippen LogP contribution in [0, 0.1) is 6.92 Å². The molecule has 1 aromatic heterocycles. The second-order valence-corrected chi connectivity index (χ2v) is 8.55. The maximum absolute atomic E-state index is 13.9. The first-order valence-corrected chi connectivity index (χ1v) is 11.8. The van der Waals surface area contributed by atoms with Gasteiger partial charge in [0.1, 0.15) is 5.69 Å². The van der Waals surface area contributed by atoms with Crippen molar-refractivity contribution in [3.8, 4) is 16.9 Å². The predicted molar refractivity (Wildman–Crippen MR) is 141 cm³/mol. The third kappa shape index (κ3) is 4.92. The average molecular weight is 458 g/mol. The number of carbonyl (C=O) groups is 1. The normalized spacial score (nSPS) is 11.7. The van der Waals surface area contributed by atoms with E-state index in [9.17, 15) is 4.79 Å². The maximum Gasteiger partial charge on any atom is 0.255 e. The van der Waals surface area contributed by atoms with Crippen LogP contribution in [0.1, 0.15) is 33.2 Å². The lowest BCUT2D eigenvalue weighted by Crippen LogP contribution is -2.30. The van der Waals surface area contributed by atoms with Crippen LogP contribution in [0.25, 0.3) is 16.9 Å². The molecule has 0 saturated carbocycles. The Morgan fingerprint density at radius 2 is 1.31 bits per heavy atom. The second-order valence-electron chi connectivity index (χ2n) is 8.55. The Hall–Kier alpha value is -4.44. The van der Waals surface area contributed by atoms with Crippen molar-refractivity contribution in [1.29, 1.82) is 0 Å². The van der Waals surface area contributed by atoms with Gasteiger partial charge in [-0.2, -0.15) is 5.10 Å². The lowest BCUT2D eigenvalue weighted by Gasteiger charge is -2.20.